The second kappa shape index (κ2) is 6.52. The van der Waals surface area contributed by atoms with Crippen LogP contribution >= 0.6 is 0 Å². The monoisotopic (exact) mass is 250 g/mol. The summed E-state index contributed by atoms with van der Waals surface area (Å²) in [6, 6.07) is 6.15. The highest BCUT2D eigenvalue weighted by Gasteiger charge is 2.19. The molecule has 1 amide bonds. The van der Waals surface area contributed by atoms with Gasteiger partial charge in [-0.05, 0) is 31.9 Å². The van der Waals surface area contributed by atoms with Gasteiger partial charge in [0.25, 0.3) is 5.91 Å². The third-order valence-corrected chi connectivity index (χ3v) is 3.05. The van der Waals surface area contributed by atoms with Gasteiger partial charge in [0.05, 0.1) is 6.04 Å². The van der Waals surface area contributed by atoms with Gasteiger partial charge in [-0.1, -0.05) is 23.8 Å². The molecular weight excluding hydrogens is 228 g/mol. The van der Waals surface area contributed by atoms with Crippen molar-refractivity contribution in [1.29, 1.82) is 0 Å². The van der Waals surface area contributed by atoms with Crippen LogP contribution in [0, 0.1) is 13.8 Å². The molecule has 0 fully saturated rings. The Hall–Kier alpha value is -1.39. The summed E-state index contributed by atoms with van der Waals surface area (Å²) in [5.41, 5.74) is 8.93. The van der Waals surface area contributed by atoms with E-state index in [9.17, 15) is 4.79 Å². The van der Waals surface area contributed by atoms with Crippen molar-refractivity contribution in [1.82, 2.24) is 5.32 Å². The zero-order valence-electron chi connectivity index (χ0n) is 11.5. The van der Waals surface area contributed by atoms with Crippen LogP contribution in [0.15, 0.2) is 18.2 Å². The van der Waals surface area contributed by atoms with Crippen molar-refractivity contribution in [2.24, 2.45) is 5.73 Å². The molecule has 0 radical (unpaired) electrons. The number of rotatable bonds is 5. The fourth-order valence-electron chi connectivity index (χ4n) is 1.92. The van der Waals surface area contributed by atoms with E-state index in [2.05, 4.69) is 23.5 Å². The zero-order chi connectivity index (χ0) is 13.7. The number of amides is 1. The Bertz CT molecular complexity index is 414. The normalized spacial score (nSPS) is 14.1. The van der Waals surface area contributed by atoms with Crippen molar-refractivity contribution in [2.75, 3.05) is 13.7 Å². The molecule has 0 saturated carbocycles. The lowest BCUT2D eigenvalue weighted by molar-refractivity contribution is -0.131. The highest BCUT2D eigenvalue weighted by atomic mass is 16.5. The van der Waals surface area contributed by atoms with Crippen molar-refractivity contribution in [3.8, 4) is 0 Å². The van der Waals surface area contributed by atoms with Crippen molar-refractivity contribution >= 4 is 5.91 Å². The number of benzene rings is 1. The van der Waals surface area contributed by atoms with Gasteiger partial charge in [-0.2, -0.15) is 0 Å². The summed E-state index contributed by atoms with van der Waals surface area (Å²) >= 11 is 0. The number of aryl methyl sites for hydroxylation is 2. The molecule has 1 aromatic carbocycles. The molecule has 3 N–H and O–H groups in total. The highest BCUT2D eigenvalue weighted by molar-refractivity contribution is 5.81. The van der Waals surface area contributed by atoms with Gasteiger partial charge in [0.2, 0.25) is 0 Å². The highest BCUT2D eigenvalue weighted by Crippen LogP contribution is 2.18. The maximum atomic E-state index is 11.9. The van der Waals surface area contributed by atoms with Gasteiger partial charge < -0.3 is 15.8 Å². The molecule has 2 atom stereocenters. The topological polar surface area (TPSA) is 64.3 Å². The molecule has 0 spiro atoms. The average Bonchev–Trinajstić information content (AvgIpc) is 2.33. The van der Waals surface area contributed by atoms with Gasteiger partial charge in [-0.15, -0.1) is 0 Å². The fourth-order valence-corrected chi connectivity index (χ4v) is 1.92. The molecule has 1 rings (SSSR count). The first-order valence-electron chi connectivity index (χ1n) is 6.10. The van der Waals surface area contributed by atoms with Crippen LogP contribution in [0.4, 0.5) is 0 Å². The Morgan fingerprint density at radius 2 is 2.11 bits per heavy atom. The molecule has 0 saturated heterocycles. The van der Waals surface area contributed by atoms with Crippen molar-refractivity contribution in [3.05, 3.63) is 34.9 Å². The molecule has 0 bridgehead atoms. The van der Waals surface area contributed by atoms with Gasteiger partial charge in [-0.3, -0.25) is 4.79 Å². The molecule has 0 heterocycles. The summed E-state index contributed by atoms with van der Waals surface area (Å²) in [4.78, 5) is 11.9. The molecule has 2 unspecified atom stereocenters. The SMILES string of the molecule is COC(CN)C(=O)NC(C)c1cc(C)ccc1C. The summed E-state index contributed by atoms with van der Waals surface area (Å²) in [6.07, 6.45) is -0.586. The Morgan fingerprint density at radius 1 is 1.44 bits per heavy atom. The van der Waals surface area contributed by atoms with Gasteiger partial charge in [0, 0.05) is 13.7 Å². The number of methoxy groups -OCH3 is 1. The summed E-state index contributed by atoms with van der Waals surface area (Å²) in [5.74, 6) is -0.173. The van der Waals surface area contributed by atoms with Gasteiger partial charge in [-0.25, -0.2) is 0 Å². The first-order valence-corrected chi connectivity index (χ1v) is 6.10. The van der Waals surface area contributed by atoms with E-state index in [0.29, 0.717) is 0 Å². The molecule has 1 aromatic rings. The van der Waals surface area contributed by atoms with Crippen molar-refractivity contribution < 1.29 is 9.53 Å². The minimum Gasteiger partial charge on any atom is -0.370 e. The molecular formula is C14H22N2O2. The number of nitrogens with two attached hydrogens (primary N) is 1. The van der Waals surface area contributed by atoms with Gasteiger partial charge in [0.1, 0.15) is 6.10 Å². The lowest BCUT2D eigenvalue weighted by Crippen LogP contribution is -2.41. The van der Waals surface area contributed by atoms with Gasteiger partial charge >= 0.3 is 0 Å². The summed E-state index contributed by atoms with van der Waals surface area (Å²) in [5, 5.41) is 2.92. The maximum absolute atomic E-state index is 11.9. The Labute approximate surface area is 109 Å². The predicted molar refractivity (Wildman–Crippen MR) is 72.3 cm³/mol. The Balaban J connectivity index is 2.79. The van der Waals surface area contributed by atoms with Crippen LogP contribution in [-0.4, -0.2) is 25.7 Å². The minimum absolute atomic E-state index is 0.0541. The lowest BCUT2D eigenvalue weighted by atomic mass is 10.00. The average molecular weight is 250 g/mol. The maximum Gasteiger partial charge on any atom is 0.250 e. The number of carbonyl (C=O) groups excluding carboxylic acids is 1. The van der Waals surface area contributed by atoms with E-state index >= 15 is 0 Å². The number of hydrogen-bond acceptors (Lipinski definition) is 3. The number of nitrogens with one attached hydrogen (secondary N) is 1. The van der Waals surface area contributed by atoms with Crippen LogP contribution in [0.5, 0.6) is 0 Å². The summed E-state index contributed by atoms with van der Waals surface area (Å²) < 4.78 is 5.01. The van der Waals surface area contributed by atoms with Crippen LogP contribution in [0.3, 0.4) is 0 Å². The van der Waals surface area contributed by atoms with Crippen LogP contribution in [0.25, 0.3) is 0 Å². The third kappa shape index (κ3) is 3.55. The van der Waals surface area contributed by atoms with Crippen LogP contribution in [-0.2, 0) is 9.53 Å². The molecule has 4 heteroatoms. The molecule has 18 heavy (non-hydrogen) atoms. The van der Waals surface area contributed by atoms with E-state index in [1.807, 2.05) is 20.8 Å². The first-order chi connectivity index (χ1) is 8.49. The Kier molecular flexibility index (Phi) is 5.31. The summed E-state index contributed by atoms with van der Waals surface area (Å²) in [7, 11) is 1.49. The first kappa shape index (κ1) is 14.7. The van der Waals surface area contributed by atoms with Crippen LogP contribution in [0.2, 0.25) is 0 Å². The third-order valence-electron chi connectivity index (χ3n) is 3.05. The van der Waals surface area contributed by atoms with Crippen LogP contribution < -0.4 is 11.1 Å². The van der Waals surface area contributed by atoms with E-state index in [4.69, 9.17) is 10.5 Å². The molecule has 0 aliphatic rings. The Morgan fingerprint density at radius 3 is 2.67 bits per heavy atom. The minimum atomic E-state index is -0.586. The number of carbonyl (C=O) groups is 1. The van der Waals surface area contributed by atoms with Crippen LogP contribution in [0.1, 0.15) is 29.7 Å². The standard InChI is InChI=1S/C14H22N2O2/c1-9-5-6-10(2)12(7-9)11(3)16-14(17)13(8-15)18-4/h5-7,11,13H,8,15H2,1-4H3,(H,16,17). The largest absolute Gasteiger partial charge is 0.370 e. The lowest BCUT2D eigenvalue weighted by Gasteiger charge is -2.20. The quantitative estimate of drug-likeness (QED) is 0.831. The molecule has 0 aliphatic heterocycles. The second-order valence-corrected chi connectivity index (χ2v) is 4.55. The second-order valence-electron chi connectivity index (χ2n) is 4.55. The fraction of sp³-hybridized carbons (Fsp3) is 0.500. The van der Waals surface area contributed by atoms with E-state index < -0.39 is 6.10 Å². The molecule has 4 nitrogen and oxygen atoms in total. The predicted octanol–water partition coefficient (Wildman–Crippen LogP) is 1.45. The summed E-state index contributed by atoms with van der Waals surface area (Å²) in [6.45, 7) is 6.22. The van der Waals surface area contributed by atoms with E-state index in [0.717, 1.165) is 11.1 Å². The zero-order valence-corrected chi connectivity index (χ0v) is 11.5. The molecule has 100 valence electrons. The van der Waals surface area contributed by atoms with Crippen molar-refractivity contribution in [2.45, 2.75) is 32.9 Å². The number of hydrogen-bond donors (Lipinski definition) is 2. The molecule has 0 aliphatic carbocycles. The number of ether oxygens (including phenoxy) is 1. The van der Waals surface area contributed by atoms with Crippen molar-refractivity contribution in [3.63, 3.8) is 0 Å². The van der Waals surface area contributed by atoms with E-state index in [1.165, 1.54) is 12.7 Å². The van der Waals surface area contributed by atoms with E-state index in [-0.39, 0.29) is 18.5 Å². The van der Waals surface area contributed by atoms with E-state index in [1.54, 1.807) is 0 Å². The van der Waals surface area contributed by atoms with Gasteiger partial charge in [0.15, 0.2) is 0 Å². The smallest absolute Gasteiger partial charge is 0.250 e. The molecule has 0 aromatic heterocycles.